The highest BCUT2D eigenvalue weighted by atomic mass is 32.2. The monoisotopic (exact) mass is 303 g/mol. The Morgan fingerprint density at radius 3 is 2.50 bits per heavy atom. The predicted octanol–water partition coefficient (Wildman–Crippen LogP) is -0.326. The molecule has 0 aliphatic rings. The van der Waals surface area contributed by atoms with Crippen LogP contribution in [0.3, 0.4) is 0 Å². The number of sulfonamides is 1. The van der Waals surface area contributed by atoms with Crippen molar-refractivity contribution in [3.05, 3.63) is 18.2 Å². The van der Waals surface area contributed by atoms with Crippen molar-refractivity contribution >= 4 is 21.4 Å². The van der Waals surface area contributed by atoms with Gasteiger partial charge in [-0.05, 0) is 19.1 Å². The SMILES string of the molecule is CN(C)S(=O)(=O)c1cccc(NCC(C)(O)CO)c1N. The molecular weight excluding hydrogens is 282 g/mol. The molecule has 1 rings (SSSR count). The molecule has 1 atom stereocenters. The topological polar surface area (TPSA) is 116 Å². The van der Waals surface area contributed by atoms with E-state index >= 15 is 0 Å². The zero-order chi connectivity index (χ0) is 15.6. The Kier molecular flexibility index (Phi) is 4.98. The van der Waals surface area contributed by atoms with E-state index in [1.165, 1.54) is 27.1 Å². The van der Waals surface area contributed by atoms with Gasteiger partial charge in [0.2, 0.25) is 10.0 Å². The van der Waals surface area contributed by atoms with Crippen molar-refractivity contribution in [3.63, 3.8) is 0 Å². The van der Waals surface area contributed by atoms with Crippen LogP contribution in [0.1, 0.15) is 6.92 Å². The first kappa shape index (κ1) is 16.7. The highest BCUT2D eigenvalue weighted by molar-refractivity contribution is 7.89. The molecule has 1 aromatic rings. The van der Waals surface area contributed by atoms with Crippen LogP contribution in [0.2, 0.25) is 0 Å². The van der Waals surface area contributed by atoms with E-state index in [2.05, 4.69) is 5.32 Å². The summed E-state index contributed by atoms with van der Waals surface area (Å²) in [6, 6.07) is 4.58. The molecule has 0 heterocycles. The largest absolute Gasteiger partial charge is 0.396 e. The molecule has 0 amide bonds. The minimum atomic E-state index is -3.63. The summed E-state index contributed by atoms with van der Waals surface area (Å²) < 4.78 is 25.3. The third-order valence-electron chi connectivity index (χ3n) is 2.83. The maximum Gasteiger partial charge on any atom is 0.244 e. The molecule has 1 unspecified atom stereocenters. The van der Waals surface area contributed by atoms with Gasteiger partial charge in [0, 0.05) is 20.6 Å². The number of anilines is 2. The molecule has 0 aliphatic carbocycles. The Morgan fingerprint density at radius 2 is 2.00 bits per heavy atom. The molecular formula is C12H21N3O4S. The van der Waals surface area contributed by atoms with Crippen LogP contribution in [0.4, 0.5) is 11.4 Å². The minimum Gasteiger partial charge on any atom is -0.396 e. The normalized spacial score (nSPS) is 15.1. The van der Waals surface area contributed by atoms with E-state index < -0.39 is 22.2 Å². The third kappa shape index (κ3) is 3.60. The van der Waals surface area contributed by atoms with Crippen molar-refractivity contribution in [2.45, 2.75) is 17.4 Å². The number of nitrogens with zero attached hydrogens (tertiary/aromatic N) is 1. The first-order valence-electron chi connectivity index (χ1n) is 6.00. The minimum absolute atomic E-state index is 0.00357. The lowest BCUT2D eigenvalue weighted by molar-refractivity contribution is 0.0132. The number of hydrogen-bond acceptors (Lipinski definition) is 6. The van der Waals surface area contributed by atoms with E-state index in [1.807, 2.05) is 0 Å². The van der Waals surface area contributed by atoms with Gasteiger partial charge in [-0.2, -0.15) is 0 Å². The fourth-order valence-electron chi connectivity index (χ4n) is 1.46. The first-order chi connectivity index (χ1) is 9.12. The second-order valence-corrected chi connectivity index (χ2v) is 7.13. The van der Waals surface area contributed by atoms with Gasteiger partial charge in [-0.3, -0.25) is 0 Å². The van der Waals surface area contributed by atoms with Crippen LogP contribution < -0.4 is 11.1 Å². The zero-order valence-electron chi connectivity index (χ0n) is 11.8. The highest BCUT2D eigenvalue weighted by Crippen LogP contribution is 2.28. The molecule has 8 heteroatoms. The molecule has 0 fully saturated rings. The number of hydrogen-bond donors (Lipinski definition) is 4. The molecule has 0 saturated carbocycles. The predicted molar refractivity (Wildman–Crippen MR) is 77.9 cm³/mol. The molecule has 0 spiro atoms. The van der Waals surface area contributed by atoms with Crippen LogP contribution in [-0.4, -0.2) is 55.8 Å². The summed E-state index contributed by atoms with van der Waals surface area (Å²) in [6.07, 6.45) is 0. The lowest BCUT2D eigenvalue weighted by atomic mass is 10.1. The summed E-state index contributed by atoms with van der Waals surface area (Å²) in [4.78, 5) is -0.00357. The molecule has 1 aromatic carbocycles. The van der Waals surface area contributed by atoms with E-state index in [-0.39, 0.29) is 17.1 Å². The van der Waals surface area contributed by atoms with Gasteiger partial charge < -0.3 is 21.3 Å². The standard InChI is InChI=1S/C12H21N3O4S/c1-12(17,8-16)7-14-9-5-4-6-10(11(9)13)20(18,19)15(2)3/h4-6,14,16-17H,7-8,13H2,1-3H3. The number of aliphatic hydroxyl groups excluding tert-OH is 1. The maximum atomic E-state index is 12.1. The number of para-hydroxylation sites is 1. The average molecular weight is 303 g/mol. The van der Waals surface area contributed by atoms with E-state index in [9.17, 15) is 13.5 Å². The fraction of sp³-hybridized carbons (Fsp3) is 0.500. The van der Waals surface area contributed by atoms with Crippen LogP contribution in [0.15, 0.2) is 23.1 Å². The van der Waals surface area contributed by atoms with Crippen molar-refractivity contribution in [1.82, 2.24) is 4.31 Å². The molecule has 0 saturated heterocycles. The molecule has 0 aromatic heterocycles. The van der Waals surface area contributed by atoms with Crippen molar-refractivity contribution in [2.24, 2.45) is 0 Å². The summed E-state index contributed by atoms with van der Waals surface area (Å²) in [5.41, 5.74) is 5.02. The summed E-state index contributed by atoms with van der Waals surface area (Å²) >= 11 is 0. The van der Waals surface area contributed by atoms with Gasteiger partial charge in [0.25, 0.3) is 0 Å². The van der Waals surface area contributed by atoms with Crippen LogP contribution in [0.5, 0.6) is 0 Å². The van der Waals surface area contributed by atoms with Crippen molar-refractivity contribution in [2.75, 3.05) is 38.3 Å². The summed E-state index contributed by atoms with van der Waals surface area (Å²) in [5, 5.41) is 21.5. The Morgan fingerprint density at radius 1 is 1.40 bits per heavy atom. The average Bonchev–Trinajstić information content (AvgIpc) is 2.37. The number of aliphatic hydroxyl groups is 2. The Hall–Kier alpha value is -1.35. The second-order valence-electron chi connectivity index (χ2n) is 5.01. The molecule has 20 heavy (non-hydrogen) atoms. The molecule has 114 valence electrons. The van der Waals surface area contributed by atoms with E-state index in [1.54, 1.807) is 12.1 Å². The van der Waals surface area contributed by atoms with Crippen molar-refractivity contribution < 1.29 is 18.6 Å². The Balaban J connectivity index is 3.09. The number of nitrogens with two attached hydrogens (primary N) is 1. The number of nitrogens with one attached hydrogen (secondary N) is 1. The summed E-state index contributed by atoms with van der Waals surface area (Å²) in [6.45, 7) is 1.07. The van der Waals surface area contributed by atoms with E-state index in [0.29, 0.717) is 5.69 Å². The molecule has 0 aliphatic heterocycles. The zero-order valence-corrected chi connectivity index (χ0v) is 12.6. The molecule has 0 bridgehead atoms. The van der Waals surface area contributed by atoms with Gasteiger partial charge in [0.05, 0.1) is 18.0 Å². The number of benzene rings is 1. The lowest BCUT2D eigenvalue weighted by Gasteiger charge is -2.22. The number of nitrogen functional groups attached to an aromatic ring is 1. The molecule has 0 radical (unpaired) electrons. The van der Waals surface area contributed by atoms with E-state index in [4.69, 9.17) is 10.8 Å². The first-order valence-corrected chi connectivity index (χ1v) is 7.44. The van der Waals surface area contributed by atoms with Gasteiger partial charge in [0.15, 0.2) is 0 Å². The highest BCUT2D eigenvalue weighted by Gasteiger charge is 2.23. The van der Waals surface area contributed by atoms with Crippen LogP contribution in [0, 0.1) is 0 Å². The van der Waals surface area contributed by atoms with Crippen molar-refractivity contribution in [1.29, 1.82) is 0 Å². The van der Waals surface area contributed by atoms with Crippen LogP contribution in [0.25, 0.3) is 0 Å². The van der Waals surface area contributed by atoms with Crippen molar-refractivity contribution in [3.8, 4) is 0 Å². The van der Waals surface area contributed by atoms with E-state index in [0.717, 1.165) is 4.31 Å². The van der Waals surface area contributed by atoms with Gasteiger partial charge in [-0.1, -0.05) is 6.07 Å². The number of rotatable bonds is 6. The van der Waals surface area contributed by atoms with Gasteiger partial charge >= 0.3 is 0 Å². The molecule has 7 nitrogen and oxygen atoms in total. The quantitative estimate of drug-likeness (QED) is 0.535. The smallest absolute Gasteiger partial charge is 0.244 e. The van der Waals surface area contributed by atoms with Gasteiger partial charge in [0.1, 0.15) is 10.5 Å². The third-order valence-corrected chi connectivity index (χ3v) is 4.70. The Labute approximate surface area is 119 Å². The molecule has 5 N–H and O–H groups in total. The van der Waals surface area contributed by atoms with Gasteiger partial charge in [-0.25, -0.2) is 12.7 Å². The summed E-state index contributed by atoms with van der Waals surface area (Å²) in [7, 11) is -0.789. The summed E-state index contributed by atoms with van der Waals surface area (Å²) in [5.74, 6) is 0. The van der Waals surface area contributed by atoms with Crippen LogP contribution in [-0.2, 0) is 10.0 Å². The Bertz CT molecular complexity index is 570. The lowest BCUT2D eigenvalue weighted by Crippen LogP contribution is -2.37. The van der Waals surface area contributed by atoms with Crippen LogP contribution >= 0.6 is 0 Å². The maximum absolute atomic E-state index is 12.1. The fourth-order valence-corrected chi connectivity index (χ4v) is 2.49. The second kappa shape index (κ2) is 5.96. The van der Waals surface area contributed by atoms with Gasteiger partial charge in [-0.15, -0.1) is 0 Å².